The maximum Gasteiger partial charge on any atom is 0.240 e. The highest BCUT2D eigenvalue weighted by molar-refractivity contribution is 7.89. The predicted molar refractivity (Wildman–Crippen MR) is 104 cm³/mol. The Morgan fingerprint density at radius 3 is 2.36 bits per heavy atom. The molecule has 142 valence electrons. The molecule has 0 radical (unpaired) electrons. The fourth-order valence-corrected chi connectivity index (χ4v) is 4.42. The first-order valence-corrected chi connectivity index (χ1v) is 11.4. The summed E-state index contributed by atoms with van der Waals surface area (Å²) in [5.41, 5.74) is 1.22. The van der Waals surface area contributed by atoms with E-state index in [9.17, 15) is 8.42 Å². The molecular formula is C20H34N2O2S. The summed E-state index contributed by atoms with van der Waals surface area (Å²) in [7, 11) is -3.37. The van der Waals surface area contributed by atoms with Crippen molar-refractivity contribution in [2.24, 2.45) is 0 Å². The molecule has 0 bridgehead atoms. The van der Waals surface area contributed by atoms with Gasteiger partial charge in [-0.15, -0.1) is 0 Å². The molecule has 0 amide bonds. The standard InChI is InChI=1S/C20H34N2O2S/c1-2-3-4-5-10-19-11-13-20(14-12-19)25(23,24)21-15-6-7-16-22-17-8-9-18-22/h11-14,21H,2-10,15-18H2,1H3. The largest absolute Gasteiger partial charge is 0.303 e. The quantitative estimate of drug-likeness (QED) is 0.570. The van der Waals surface area contributed by atoms with E-state index < -0.39 is 10.0 Å². The summed E-state index contributed by atoms with van der Waals surface area (Å²) in [6, 6.07) is 7.38. The van der Waals surface area contributed by atoms with Gasteiger partial charge in [0.1, 0.15) is 0 Å². The minimum atomic E-state index is -3.37. The van der Waals surface area contributed by atoms with Crippen LogP contribution in [0.2, 0.25) is 0 Å². The van der Waals surface area contributed by atoms with Crippen LogP contribution in [0.15, 0.2) is 29.2 Å². The SMILES string of the molecule is CCCCCCc1ccc(S(=O)(=O)NCCCCN2CCCC2)cc1. The number of nitrogens with one attached hydrogen (secondary N) is 1. The maximum absolute atomic E-state index is 12.3. The van der Waals surface area contributed by atoms with E-state index in [-0.39, 0.29) is 0 Å². The molecule has 1 aromatic carbocycles. The summed E-state index contributed by atoms with van der Waals surface area (Å²) in [5, 5.41) is 0. The molecule has 1 aromatic rings. The van der Waals surface area contributed by atoms with Crippen molar-refractivity contribution in [2.45, 2.75) is 69.6 Å². The number of hydrogen-bond acceptors (Lipinski definition) is 3. The van der Waals surface area contributed by atoms with Crippen molar-refractivity contribution >= 4 is 10.0 Å². The first-order valence-electron chi connectivity index (χ1n) is 9.93. The number of likely N-dealkylation sites (tertiary alicyclic amines) is 1. The van der Waals surface area contributed by atoms with E-state index in [4.69, 9.17) is 0 Å². The van der Waals surface area contributed by atoms with Crippen LogP contribution in [0, 0.1) is 0 Å². The third-order valence-corrected chi connectivity index (χ3v) is 6.42. The topological polar surface area (TPSA) is 49.4 Å². The average Bonchev–Trinajstić information content (AvgIpc) is 3.12. The Morgan fingerprint density at radius 1 is 0.960 bits per heavy atom. The van der Waals surface area contributed by atoms with Crippen LogP contribution < -0.4 is 4.72 Å². The van der Waals surface area contributed by atoms with E-state index in [1.807, 2.05) is 12.1 Å². The van der Waals surface area contributed by atoms with Gasteiger partial charge in [-0.05, 0) is 75.9 Å². The molecule has 2 rings (SSSR count). The molecule has 0 spiro atoms. The fourth-order valence-electron chi connectivity index (χ4n) is 3.35. The van der Waals surface area contributed by atoms with E-state index in [0.29, 0.717) is 11.4 Å². The molecule has 0 atom stereocenters. The number of nitrogens with zero attached hydrogens (tertiary/aromatic N) is 1. The van der Waals surface area contributed by atoms with Gasteiger partial charge in [-0.1, -0.05) is 38.3 Å². The lowest BCUT2D eigenvalue weighted by atomic mass is 10.1. The first-order chi connectivity index (χ1) is 12.1. The summed E-state index contributed by atoms with van der Waals surface area (Å²) in [4.78, 5) is 2.85. The van der Waals surface area contributed by atoms with Gasteiger partial charge in [-0.3, -0.25) is 0 Å². The number of aryl methyl sites for hydroxylation is 1. The second-order valence-corrected chi connectivity index (χ2v) is 8.88. The van der Waals surface area contributed by atoms with Gasteiger partial charge in [0.05, 0.1) is 4.90 Å². The highest BCUT2D eigenvalue weighted by Gasteiger charge is 2.14. The number of unbranched alkanes of at least 4 members (excludes halogenated alkanes) is 4. The lowest BCUT2D eigenvalue weighted by Gasteiger charge is -2.14. The molecular weight excluding hydrogens is 332 g/mol. The molecule has 4 nitrogen and oxygen atoms in total. The highest BCUT2D eigenvalue weighted by atomic mass is 32.2. The van der Waals surface area contributed by atoms with Gasteiger partial charge >= 0.3 is 0 Å². The van der Waals surface area contributed by atoms with Crippen molar-refractivity contribution in [3.63, 3.8) is 0 Å². The number of sulfonamides is 1. The zero-order valence-corrected chi connectivity index (χ0v) is 16.5. The van der Waals surface area contributed by atoms with Crippen LogP contribution in [0.1, 0.15) is 63.9 Å². The molecule has 1 aliphatic rings. The Balaban J connectivity index is 1.69. The third-order valence-electron chi connectivity index (χ3n) is 4.94. The van der Waals surface area contributed by atoms with Gasteiger partial charge < -0.3 is 4.90 Å². The molecule has 0 aromatic heterocycles. The van der Waals surface area contributed by atoms with Gasteiger partial charge in [-0.2, -0.15) is 0 Å². The summed E-state index contributed by atoms with van der Waals surface area (Å²) >= 11 is 0. The van der Waals surface area contributed by atoms with E-state index in [1.54, 1.807) is 12.1 Å². The summed E-state index contributed by atoms with van der Waals surface area (Å²) in [5.74, 6) is 0. The van der Waals surface area contributed by atoms with Crippen molar-refractivity contribution < 1.29 is 8.42 Å². The van der Waals surface area contributed by atoms with E-state index in [0.717, 1.165) is 25.8 Å². The van der Waals surface area contributed by atoms with Gasteiger partial charge in [0.25, 0.3) is 0 Å². The highest BCUT2D eigenvalue weighted by Crippen LogP contribution is 2.13. The maximum atomic E-state index is 12.3. The molecule has 1 fully saturated rings. The lowest BCUT2D eigenvalue weighted by molar-refractivity contribution is 0.330. The van der Waals surface area contributed by atoms with Crippen LogP contribution in [-0.4, -0.2) is 39.5 Å². The molecule has 0 aliphatic carbocycles. The van der Waals surface area contributed by atoms with Gasteiger partial charge in [0.2, 0.25) is 10.0 Å². The normalized spacial score (nSPS) is 15.7. The van der Waals surface area contributed by atoms with Crippen molar-refractivity contribution in [1.29, 1.82) is 0 Å². The smallest absolute Gasteiger partial charge is 0.240 e. The van der Waals surface area contributed by atoms with Crippen molar-refractivity contribution in [2.75, 3.05) is 26.2 Å². The Labute approximate surface area is 154 Å². The Hall–Kier alpha value is -0.910. The van der Waals surface area contributed by atoms with E-state index in [1.165, 1.54) is 57.2 Å². The van der Waals surface area contributed by atoms with Crippen molar-refractivity contribution in [3.8, 4) is 0 Å². The van der Waals surface area contributed by atoms with Crippen LogP contribution in [0.4, 0.5) is 0 Å². The average molecular weight is 367 g/mol. The molecule has 1 aliphatic heterocycles. The second kappa shape index (κ2) is 10.9. The molecule has 1 N–H and O–H groups in total. The number of benzene rings is 1. The monoisotopic (exact) mass is 366 g/mol. The summed E-state index contributed by atoms with van der Waals surface area (Å²) in [6.07, 6.45) is 10.5. The fraction of sp³-hybridized carbons (Fsp3) is 0.700. The first kappa shape index (κ1) is 20.4. The minimum Gasteiger partial charge on any atom is -0.303 e. The van der Waals surface area contributed by atoms with Gasteiger partial charge in [-0.25, -0.2) is 13.1 Å². The zero-order chi connectivity index (χ0) is 18.0. The third kappa shape index (κ3) is 7.47. The van der Waals surface area contributed by atoms with E-state index in [2.05, 4.69) is 16.5 Å². The second-order valence-electron chi connectivity index (χ2n) is 7.11. The van der Waals surface area contributed by atoms with Crippen molar-refractivity contribution in [1.82, 2.24) is 9.62 Å². The van der Waals surface area contributed by atoms with Crippen LogP contribution in [0.5, 0.6) is 0 Å². The van der Waals surface area contributed by atoms with E-state index >= 15 is 0 Å². The molecule has 25 heavy (non-hydrogen) atoms. The molecule has 0 unspecified atom stereocenters. The number of hydrogen-bond donors (Lipinski definition) is 1. The van der Waals surface area contributed by atoms with Crippen LogP contribution >= 0.6 is 0 Å². The molecule has 1 saturated heterocycles. The zero-order valence-electron chi connectivity index (χ0n) is 15.7. The Kier molecular flexibility index (Phi) is 8.93. The predicted octanol–water partition coefficient (Wildman–Crippen LogP) is 3.96. The Bertz CT molecular complexity index is 578. The van der Waals surface area contributed by atoms with Crippen molar-refractivity contribution in [3.05, 3.63) is 29.8 Å². The lowest BCUT2D eigenvalue weighted by Crippen LogP contribution is -2.26. The Morgan fingerprint density at radius 2 is 1.68 bits per heavy atom. The summed E-state index contributed by atoms with van der Waals surface area (Å²) in [6.45, 7) is 6.23. The minimum absolute atomic E-state index is 0.379. The summed E-state index contributed by atoms with van der Waals surface area (Å²) < 4.78 is 27.4. The van der Waals surface area contributed by atoms with Crippen LogP contribution in [-0.2, 0) is 16.4 Å². The molecule has 1 heterocycles. The van der Waals surface area contributed by atoms with Crippen LogP contribution in [0.25, 0.3) is 0 Å². The van der Waals surface area contributed by atoms with Crippen LogP contribution in [0.3, 0.4) is 0 Å². The number of rotatable bonds is 12. The van der Waals surface area contributed by atoms with Gasteiger partial charge in [0.15, 0.2) is 0 Å². The molecule has 0 saturated carbocycles. The molecule has 5 heteroatoms. The van der Waals surface area contributed by atoms with Gasteiger partial charge in [0, 0.05) is 6.54 Å².